The highest BCUT2D eigenvalue weighted by Crippen LogP contribution is 2.17. The van der Waals surface area contributed by atoms with Gasteiger partial charge in [0.05, 0.1) is 17.0 Å². The molecule has 148 valence electrons. The Kier molecular flexibility index (Phi) is 8.12. The summed E-state index contributed by atoms with van der Waals surface area (Å²) in [6.45, 7) is 8.11. The Morgan fingerprint density at radius 3 is 2.19 bits per heavy atom. The lowest BCUT2D eigenvalue weighted by Crippen LogP contribution is -2.51. The van der Waals surface area contributed by atoms with Gasteiger partial charge in [-0.2, -0.15) is 0 Å². The lowest BCUT2D eigenvalue weighted by atomic mass is 10.2. The van der Waals surface area contributed by atoms with Gasteiger partial charge in [-0.3, -0.25) is 4.99 Å². The average molecular weight is 498 g/mol. The van der Waals surface area contributed by atoms with Gasteiger partial charge in [0.1, 0.15) is 5.82 Å². The van der Waals surface area contributed by atoms with Crippen LogP contribution in [0.4, 0.5) is 10.1 Å². The predicted octanol–water partition coefficient (Wildman–Crippen LogP) is 2.09. The lowest BCUT2D eigenvalue weighted by molar-refractivity contribution is 0.381. The van der Waals surface area contributed by atoms with E-state index < -0.39 is 14.6 Å². The third-order valence-electron chi connectivity index (χ3n) is 4.36. The van der Waals surface area contributed by atoms with E-state index in [9.17, 15) is 12.8 Å². The number of benzene rings is 1. The molecular formula is C17H28FIN4O2S. The molecule has 1 heterocycles. The van der Waals surface area contributed by atoms with Crippen LogP contribution >= 0.6 is 24.0 Å². The van der Waals surface area contributed by atoms with Gasteiger partial charge in [-0.05, 0) is 45.0 Å². The van der Waals surface area contributed by atoms with Gasteiger partial charge in [0.25, 0.3) is 0 Å². The number of hydrogen-bond donors (Lipinski definition) is 1. The van der Waals surface area contributed by atoms with Crippen LogP contribution in [-0.4, -0.2) is 62.5 Å². The van der Waals surface area contributed by atoms with Crippen molar-refractivity contribution in [1.82, 2.24) is 4.90 Å². The zero-order valence-electron chi connectivity index (χ0n) is 15.5. The lowest BCUT2D eigenvalue weighted by Gasteiger charge is -2.36. The molecule has 1 fully saturated rings. The van der Waals surface area contributed by atoms with Crippen LogP contribution in [-0.2, 0) is 9.84 Å². The molecule has 1 aromatic rings. The smallest absolute Gasteiger partial charge is 0.191 e. The Morgan fingerprint density at radius 1 is 1.15 bits per heavy atom. The van der Waals surface area contributed by atoms with Crippen molar-refractivity contribution >= 4 is 45.5 Å². The standard InChI is InChI=1S/C17H27FN4O2S.HI/c1-17(2,3)25(23,24)13-8-20-16(19)22-11-9-21(10-12-22)15-6-4-14(18)5-7-15;/h4-7H,8-13H2,1-3H3,(H2,19,20);1H. The second-order valence-electron chi connectivity index (χ2n) is 7.12. The fraction of sp³-hybridized carbons (Fsp3) is 0.588. The summed E-state index contributed by atoms with van der Waals surface area (Å²) >= 11 is 0. The average Bonchev–Trinajstić information content (AvgIpc) is 2.54. The Hall–Kier alpha value is -1.10. The van der Waals surface area contributed by atoms with Crippen LogP contribution in [0.1, 0.15) is 20.8 Å². The number of piperazine rings is 1. The summed E-state index contributed by atoms with van der Waals surface area (Å²) in [4.78, 5) is 8.34. The molecule has 0 aromatic heterocycles. The van der Waals surface area contributed by atoms with Crippen molar-refractivity contribution in [3.05, 3.63) is 30.1 Å². The molecular weight excluding hydrogens is 470 g/mol. The van der Waals surface area contributed by atoms with E-state index in [1.807, 2.05) is 4.90 Å². The van der Waals surface area contributed by atoms with E-state index in [-0.39, 0.29) is 42.1 Å². The minimum Gasteiger partial charge on any atom is -0.370 e. The Labute approximate surface area is 172 Å². The first-order valence-corrected chi connectivity index (χ1v) is 10.0. The maximum atomic E-state index is 13.0. The van der Waals surface area contributed by atoms with Gasteiger partial charge >= 0.3 is 0 Å². The molecule has 1 aliphatic rings. The maximum absolute atomic E-state index is 13.0. The fourth-order valence-corrected chi connectivity index (χ4v) is 3.48. The van der Waals surface area contributed by atoms with E-state index in [0.29, 0.717) is 19.0 Å². The topological polar surface area (TPSA) is 79.0 Å². The van der Waals surface area contributed by atoms with Crippen molar-refractivity contribution in [2.75, 3.05) is 43.4 Å². The summed E-state index contributed by atoms with van der Waals surface area (Å²) in [6, 6.07) is 6.43. The second-order valence-corrected chi connectivity index (χ2v) is 9.98. The van der Waals surface area contributed by atoms with E-state index in [4.69, 9.17) is 5.73 Å². The summed E-state index contributed by atoms with van der Waals surface area (Å²) in [5.41, 5.74) is 6.98. The maximum Gasteiger partial charge on any atom is 0.191 e. The molecule has 0 atom stereocenters. The molecule has 0 aliphatic carbocycles. The molecule has 0 radical (unpaired) electrons. The zero-order valence-corrected chi connectivity index (χ0v) is 18.6. The Morgan fingerprint density at radius 2 is 1.69 bits per heavy atom. The van der Waals surface area contributed by atoms with Crippen molar-refractivity contribution in [1.29, 1.82) is 0 Å². The van der Waals surface area contributed by atoms with Crippen molar-refractivity contribution in [2.24, 2.45) is 10.7 Å². The molecule has 2 N–H and O–H groups in total. The summed E-state index contributed by atoms with van der Waals surface area (Å²) in [5, 5.41) is 0. The molecule has 0 unspecified atom stereocenters. The molecule has 0 saturated carbocycles. The molecule has 0 spiro atoms. The fourth-order valence-electron chi connectivity index (χ4n) is 2.53. The number of rotatable bonds is 4. The number of halogens is 2. The molecule has 1 aliphatic heterocycles. The minimum absolute atomic E-state index is 0. The summed E-state index contributed by atoms with van der Waals surface area (Å²) in [7, 11) is -3.19. The number of sulfone groups is 1. The SMILES string of the molecule is CC(C)(C)S(=O)(=O)CCN=C(N)N1CCN(c2ccc(F)cc2)CC1.I. The molecule has 0 bridgehead atoms. The third kappa shape index (κ3) is 5.97. The van der Waals surface area contributed by atoms with Gasteiger partial charge in [-0.15, -0.1) is 24.0 Å². The van der Waals surface area contributed by atoms with Crippen LogP contribution in [0.3, 0.4) is 0 Å². The minimum atomic E-state index is -3.19. The van der Waals surface area contributed by atoms with Crippen LogP contribution in [0.5, 0.6) is 0 Å². The summed E-state index contributed by atoms with van der Waals surface area (Å²) in [6.07, 6.45) is 0. The molecule has 1 aromatic carbocycles. The van der Waals surface area contributed by atoms with E-state index >= 15 is 0 Å². The number of nitrogens with two attached hydrogens (primary N) is 1. The summed E-state index contributed by atoms with van der Waals surface area (Å²) < 4.78 is 36.4. The molecule has 1 saturated heterocycles. The van der Waals surface area contributed by atoms with E-state index in [0.717, 1.165) is 18.8 Å². The van der Waals surface area contributed by atoms with Crippen molar-refractivity contribution in [3.63, 3.8) is 0 Å². The second kappa shape index (κ2) is 9.20. The highest BCUT2D eigenvalue weighted by molar-refractivity contribution is 14.0. The number of anilines is 1. The summed E-state index contributed by atoms with van der Waals surface area (Å²) in [5.74, 6) is 0.124. The van der Waals surface area contributed by atoms with Crippen molar-refractivity contribution in [3.8, 4) is 0 Å². The van der Waals surface area contributed by atoms with Crippen molar-refractivity contribution in [2.45, 2.75) is 25.5 Å². The van der Waals surface area contributed by atoms with E-state index in [1.165, 1.54) is 12.1 Å². The predicted molar refractivity (Wildman–Crippen MR) is 116 cm³/mol. The van der Waals surface area contributed by atoms with Gasteiger partial charge in [-0.1, -0.05) is 0 Å². The first-order chi connectivity index (χ1) is 11.6. The number of hydrogen-bond acceptors (Lipinski definition) is 4. The van der Waals surface area contributed by atoms with Gasteiger partial charge < -0.3 is 15.5 Å². The van der Waals surface area contributed by atoms with Crippen LogP contribution in [0.15, 0.2) is 29.3 Å². The highest BCUT2D eigenvalue weighted by Gasteiger charge is 2.28. The van der Waals surface area contributed by atoms with Gasteiger partial charge in [-0.25, -0.2) is 12.8 Å². The Bertz CT molecular complexity index is 709. The molecule has 26 heavy (non-hydrogen) atoms. The first-order valence-electron chi connectivity index (χ1n) is 8.38. The number of aliphatic imine (C=N–C) groups is 1. The van der Waals surface area contributed by atoms with Crippen LogP contribution in [0.2, 0.25) is 0 Å². The molecule has 0 amide bonds. The number of nitrogens with zero attached hydrogens (tertiary/aromatic N) is 3. The van der Waals surface area contributed by atoms with Crippen LogP contribution in [0.25, 0.3) is 0 Å². The van der Waals surface area contributed by atoms with Crippen LogP contribution < -0.4 is 10.6 Å². The highest BCUT2D eigenvalue weighted by atomic mass is 127. The van der Waals surface area contributed by atoms with Gasteiger partial charge in [0.2, 0.25) is 0 Å². The van der Waals surface area contributed by atoms with E-state index in [1.54, 1.807) is 32.9 Å². The van der Waals surface area contributed by atoms with Crippen molar-refractivity contribution < 1.29 is 12.8 Å². The largest absolute Gasteiger partial charge is 0.370 e. The molecule has 2 rings (SSSR count). The first kappa shape index (κ1) is 22.9. The number of guanidine groups is 1. The van der Waals surface area contributed by atoms with Gasteiger partial charge in [0.15, 0.2) is 15.8 Å². The third-order valence-corrected chi connectivity index (χ3v) is 6.95. The van der Waals surface area contributed by atoms with Gasteiger partial charge in [0, 0.05) is 31.9 Å². The normalized spacial score (nSPS) is 16.4. The molecule has 9 heteroatoms. The van der Waals surface area contributed by atoms with E-state index in [2.05, 4.69) is 9.89 Å². The quantitative estimate of drug-likeness (QED) is 0.391. The monoisotopic (exact) mass is 498 g/mol. The molecule has 6 nitrogen and oxygen atoms in total. The zero-order chi connectivity index (χ0) is 18.7. The van der Waals surface area contributed by atoms with Crippen LogP contribution in [0, 0.1) is 5.82 Å². The Balaban J connectivity index is 0.00000338.